The molecule has 3 nitrogen and oxygen atoms in total. The number of aromatic nitrogens is 2. The molecule has 0 N–H and O–H groups in total. The van der Waals surface area contributed by atoms with E-state index in [2.05, 4.69) is 41.9 Å². The van der Waals surface area contributed by atoms with Crippen LogP contribution >= 0.6 is 0 Å². The number of aryl methyl sites for hydroxylation is 1. The molecule has 2 heterocycles. The maximum atomic E-state index is 4.20. The van der Waals surface area contributed by atoms with Crippen molar-refractivity contribution in [1.82, 2.24) is 10.2 Å². The van der Waals surface area contributed by atoms with Crippen molar-refractivity contribution in [3.8, 4) is 0 Å². The maximum Gasteiger partial charge on any atom is 0.151 e. The summed E-state index contributed by atoms with van der Waals surface area (Å²) in [5, 5.41) is 8.28. The Morgan fingerprint density at radius 3 is 2.24 bits per heavy atom. The average Bonchev–Trinajstić information content (AvgIpc) is 2.32. The van der Waals surface area contributed by atoms with Crippen LogP contribution < -0.4 is 4.90 Å². The molecule has 0 aromatic carbocycles. The molecule has 0 atom stereocenters. The van der Waals surface area contributed by atoms with Gasteiger partial charge in [0.1, 0.15) is 0 Å². The highest BCUT2D eigenvalue weighted by atomic mass is 15.3. The van der Waals surface area contributed by atoms with Gasteiger partial charge in [0, 0.05) is 13.1 Å². The predicted molar refractivity (Wildman–Crippen MR) is 73.3 cm³/mol. The van der Waals surface area contributed by atoms with E-state index in [1.54, 1.807) is 0 Å². The summed E-state index contributed by atoms with van der Waals surface area (Å²) in [4.78, 5) is 2.33. The van der Waals surface area contributed by atoms with Crippen LogP contribution in [0.25, 0.3) is 0 Å². The molecule has 1 saturated heterocycles. The molecule has 17 heavy (non-hydrogen) atoms. The van der Waals surface area contributed by atoms with Crippen molar-refractivity contribution < 1.29 is 0 Å². The third kappa shape index (κ3) is 4.72. The first kappa shape index (κ1) is 13.9. The Kier molecular flexibility index (Phi) is 5.95. The molecule has 1 aromatic rings. The van der Waals surface area contributed by atoms with Crippen molar-refractivity contribution in [2.45, 2.75) is 47.0 Å². The quantitative estimate of drug-likeness (QED) is 0.746. The number of anilines is 1. The van der Waals surface area contributed by atoms with Crippen LogP contribution in [0.4, 0.5) is 5.82 Å². The summed E-state index contributed by atoms with van der Waals surface area (Å²) in [5.74, 6) is 1.90. The topological polar surface area (TPSA) is 29.0 Å². The van der Waals surface area contributed by atoms with Crippen LogP contribution in [0, 0.1) is 12.8 Å². The minimum Gasteiger partial charge on any atom is -0.355 e. The molecule has 1 aliphatic rings. The molecule has 1 fully saturated rings. The van der Waals surface area contributed by atoms with Crippen molar-refractivity contribution in [2.24, 2.45) is 5.92 Å². The van der Waals surface area contributed by atoms with Crippen molar-refractivity contribution in [3.05, 3.63) is 17.8 Å². The Morgan fingerprint density at radius 1 is 1.18 bits per heavy atom. The number of piperidine rings is 1. The second-order valence-electron chi connectivity index (χ2n) is 4.91. The standard InChI is InChI=1S/C11H17N3.C3H8/c1-9-5-7-14(8-6-9)11-4-3-10(2)12-13-11;1-3-2/h3-4,9H,5-8H2,1-2H3;3H2,1-2H3. The van der Waals surface area contributed by atoms with Crippen LogP contribution in [-0.2, 0) is 0 Å². The number of hydrogen-bond acceptors (Lipinski definition) is 3. The maximum absolute atomic E-state index is 4.20. The second-order valence-corrected chi connectivity index (χ2v) is 4.91. The molecule has 1 aliphatic heterocycles. The second kappa shape index (κ2) is 7.25. The summed E-state index contributed by atoms with van der Waals surface area (Å²) >= 11 is 0. The summed E-state index contributed by atoms with van der Waals surface area (Å²) in [5.41, 5.74) is 0.985. The van der Waals surface area contributed by atoms with E-state index in [4.69, 9.17) is 0 Å². The highest BCUT2D eigenvalue weighted by Crippen LogP contribution is 2.20. The third-order valence-corrected chi connectivity index (χ3v) is 2.89. The zero-order valence-electron chi connectivity index (χ0n) is 11.6. The summed E-state index contributed by atoms with van der Waals surface area (Å²) in [7, 11) is 0. The first-order valence-corrected chi connectivity index (χ1v) is 6.72. The van der Waals surface area contributed by atoms with Gasteiger partial charge in [-0.1, -0.05) is 27.2 Å². The lowest BCUT2D eigenvalue weighted by Gasteiger charge is -2.30. The molecule has 0 spiro atoms. The monoisotopic (exact) mass is 235 g/mol. The molecule has 0 unspecified atom stereocenters. The largest absolute Gasteiger partial charge is 0.355 e. The number of hydrogen-bond donors (Lipinski definition) is 0. The Hall–Kier alpha value is -1.12. The molecule has 0 radical (unpaired) electrons. The minimum atomic E-state index is 0.865. The minimum absolute atomic E-state index is 0.865. The number of rotatable bonds is 1. The van der Waals surface area contributed by atoms with Crippen LogP contribution in [0.3, 0.4) is 0 Å². The van der Waals surface area contributed by atoms with Crippen LogP contribution in [-0.4, -0.2) is 23.3 Å². The van der Waals surface area contributed by atoms with E-state index in [1.807, 2.05) is 13.0 Å². The highest BCUT2D eigenvalue weighted by molar-refractivity contribution is 5.37. The Labute approximate surface area is 105 Å². The van der Waals surface area contributed by atoms with Gasteiger partial charge in [-0.2, -0.15) is 5.10 Å². The Bertz CT molecular complexity index is 300. The predicted octanol–water partition coefficient (Wildman–Crippen LogP) is 3.44. The average molecular weight is 235 g/mol. The smallest absolute Gasteiger partial charge is 0.151 e. The fourth-order valence-corrected chi connectivity index (χ4v) is 1.80. The van der Waals surface area contributed by atoms with E-state index in [1.165, 1.54) is 19.3 Å². The van der Waals surface area contributed by atoms with Gasteiger partial charge in [-0.15, -0.1) is 5.10 Å². The van der Waals surface area contributed by atoms with Gasteiger partial charge in [0.2, 0.25) is 0 Å². The van der Waals surface area contributed by atoms with Gasteiger partial charge in [-0.3, -0.25) is 0 Å². The lowest BCUT2D eigenvalue weighted by molar-refractivity contribution is 0.436. The lowest BCUT2D eigenvalue weighted by Crippen LogP contribution is -2.33. The number of nitrogens with zero attached hydrogens (tertiary/aromatic N) is 3. The van der Waals surface area contributed by atoms with Gasteiger partial charge in [-0.25, -0.2) is 0 Å². The molecule has 0 amide bonds. The summed E-state index contributed by atoms with van der Waals surface area (Å²) in [6.45, 7) is 10.8. The van der Waals surface area contributed by atoms with Crippen molar-refractivity contribution >= 4 is 5.82 Å². The fourth-order valence-electron chi connectivity index (χ4n) is 1.80. The molecule has 0 aliphatic carbocycles. The van der Waals surface area contributed by atoms with Gasteiger partial charge < -0.3 is 4.90 Å². The van der Waals surface area contributed by atoms with Gasteiger partial charge in [0.15, 0.2) is 5.82 Å². The summed E-state index contributed by atoms with van der Waals surface area (Å²) < 4.78 is 0. The normalized spacial score (nSPS) is 16.4. The van der Waals surface area contributed by atoms with Gasteiger partial charge in [-0.05, 0) is 37.8 Å². The SMILES string of the molecule is CCC.Cc1ccc(N2CCC(C)CC2)nn1. The molecule has 1 aromatic heterocycles. The van der Waals surface area contributed by atoms with Gasteiger partial charge >= 0.3 is 0 Å². The van der Waals surface area contributed by atoms with Gasteiger partial charge in [0.25, 0.3) is 0 Å². The van der Waals surface area contributed by atoms with Crippen molar-refractivity contribution in [3.63, 3.8) is 0 Å². The Morgan fingerprint density at radius 2 is 1.76 bits per heavy atom. The van der Waals surface area contributed by atoms with Crippen LogP contribution in [0.2, 0.25) is 0 Å². The van der Waals surface area contributed by atoms with E-state index < -0.39 is 0 Å². The highest BCUT2D eigenvalue weighted by Gasteiger charge is 2.16. The third-order valence-electron chi connectivity index (χ3n) is 2.89. The van der Waals surface area contributed by atoms with Crippen LogP contribution in [0.15, 0.2) is 12.1 Å². The van der Waals surface area contributed by atoms with Crippen molar-refractivity contribution in [2.75, 3.05) is 18.0 Å². The Balaban J connectivity index is 0.000000437. The van der Waals surface area contributed by atoms with Gasteiger partial charge in [0.05, 0.1) is 5.69 Å². The molecule has 3 heteroatoms. The van der Waals surface area contributed by atoms with Crippen LogP contribution in [0.1, 0.15) is 45.7 Å². The molecular formula is C14H25N3. The van der Waals surface area contributed by atoms with E-state index in [-0.39, 0.29) is 0 Å². The molecule has 96 valence electrons. The molecular weight excluding hydrogens is 210 g/mol. The van der Waals surface area contributed by atoms with Crippen LogP contribution in [0.5, 0.6) is 0 Å². The molecule has 0 saturated carbocycles. The lowest BCUT2D eigenvalue weighted by atomic mass is 9.99. The van der Waals surface area contributed by atoms with E-state index in [9.17, 15) is 0 Å². The summed E-state index contributed by atoms with van der Waals surface area (Å²) in [6, 6.07) is 4.10. The zero-order chi connectivity index (χ0) is 12.7. The molecule has 0 bridgehead atoms. The van der Waals surface area contributed by atoms with Crippen molar-refractivity contribution in [1.29, 1.82) is 0 Å². The fraction of sp³-hybridized carbons (Fsp3) is 0.714. The zero-order valence-corrected chi connectivity index (χ0v) is 11.6. The molecule has 2 rings (SSSR count). The first-order valence-electron chi connectivity index (χ1n) is 6.72. The first-order chi connectivity index (χ1) is 8.17. The van der Waals surface area contributed by atoms with E-state index in [0.29, 0.717) is 0 Å². The summed E-state index contributed by atoms with van der Waals surface area (Å²) in [6.07, 6.45) is 3.80. The van der Waals surface area contributed by atoms with E-state index >= 15 is 0 Å². The van der Waals surface area contributed by atoms with E-state index in [0.717, 1.165) is 30.5 Å².